The lowest BCUT2D eigenvalue weighted by atomic mass is 10.1. The third-order valence-corrected chi connectivity index (χ3v) is 8.87. The number of rotatable bonds is 9. The standard InChI is InChI=1S/C34H39N3O7S/c1-25-9-5-6-10-27(25)17-18-37(45(40,41)44-32(38)31-23-28-11-7-8-12-30(28)42-31)29-15-13-26(14-16-29)24-35-19-21-36(22-20-35)33(39)43-34(2,3)4/h5-16,23H,17-22,24H2,1-4H3. The van der Waals surface area contributed by atoms with Gasteiger partial charge in [-0.3, -0.25) is 4.90 Å². The number of amides is 1. The molecule has 0 N–H and O–H groups in total. The highest BCUT2D eigenvalue weighted by atomic mass is 32.2. The Kier molecular flexibility index (Phi) is 9.50. The van der Waals surface area contributed by atoms with Gasteiger partial charge in [-0.2, -0.15) is 8.42 Å². The number of carbonyl (C=O) groups excluding carboxylic acids is 2. The molecule has 1 aliphatic rings. The molecule has 4 aromatic rings. The summed E-state index contributed by atoms with van der Waals surface area (Å²) in [5.41, 5.74) is 3.31. The molecule has 1 amide bonds. The molecule has 1 saturated heterocycles. The normalized spacial score (nSPS) is 14.4. The predicted molar refractivity (Wildman–Crippen MR) is 172 cm³/mol. The van der Waals surface area contributed by atoms with Crippen LogP contribution >= 0.6 is 0 Å². The highest BCUT2D eigenvalue weighted by Gasteiger charge is 2.30. The first-order valence-electron chi connectivity index (χ1n) is 15.0. The topological polar surface area (TPSA) is 110 Å². The Hall–Kier alpha value is -4.35. The molecule has 0 aliphatic carbocycles. The van der Waals surface area contributed by atoms with Crippen molar-refractivity contribution in [1.82, 2.24) is 9.80 Å². The molecule has 1 fully saturated rings. The number of para-hydroxylation sites is 1. The van der Waals surface area contributed by atoms with Crippen LogP contribution in [0.15, 0.2) is 83.3 Å². The van der Waals surface area contributed by atoms with Crippen LogP contribution in [0.5, 0.6) is 0 Å². The van der Waals surface area contributed by atoms with E-state index in [1.165, 1.54) is 6.07 Å². The van der Waals surface area contributed by atoms with E-state index in [-0.39, 0.29) is 18.4 Å². The van der Waals surface area contributed by atoms with Crippen molar-refractivity contribution in [2.75, 3.05) is 37.0 Å². The summed E-state index contributed by atoms with van der Waals surface area (Å²) in [6.45, 7) is 10.7. The Labute approximate surface area is 264 Å². The van der Waals surface area contributed by atoms with Gasteiger partial charge in [0.15, 0.2) is 0 Å². The van der Waals surface area contributed by atoms with Crippen molar-refractivity contribution in [1.29, 1.82) is 0 Å². The van der Waals surface area contributed by atoms with Crippen LogP contribution in [-0.4, -0.2) is 68.6 Å². The zero-order valence-electron chi connectivity index (χ0n) is 26.1. The summed E-state index contributed by atoms with van der Waals surface area (Å²) < 4.78 is 44.5. The number of hydrogen-bond donors (Lipinski definition) is 0. The van der Waals surface area contributed by atoms with Crippen molar-refractivity contribution in [2.45, 2.75) is 46.3 Å². The molecule has 3 aromatic carbocycles. The van der Waals surface area contributed by atoms with Gasteiger partial charge in [0.25, 0.3) is 0 Å². The van der Waals surface area contributed by atoms with Crippen molar-refractivity contribution in [3.63, 3.8) is 0 Å². The number of anilines is 1. The van der Waals surface area contributed by atoms with Crippen LogP contribution in [0.1, 0.15) is 48.0 Å². The molecule has 10 nitrogen and oxygen atoms in total. The number of hydrogen-bond acceptors (Lipinski definition) is 8. The summed E-state index contributed by atoms with van der Waals surface area (Å²) in [5.74, 6) is -1.28. The van der Waals surface area contributed by atoms with Gasteiger partial charge in [0.05, 0.1) is 5.69 Å². The van der Waals surface area contributed by atoms with Crippen molar-refractivity contribution < 1.29 is 31.3 Å². The summed E-state index contributed by atoms with van der Waals surface area (Å²) in [6.07, 6.45) is 0.108. The highest BCUT2D eigenvalue weighted by molar-refractivity contribution is 7.88. The first-order chi connectivity index (χ1) is 21.4. The van der Waals surface area contributed by atoms with E-state index in [4.69, 9.17) is 13.3 Å². The molecule has 0 saturated carbocycles. The molecule has 0 spiro atoms. The molecule has 238 valence electrons. The van der Waals surface area contributed by atoms with Gasteiger partial charge in [-0.25, -0.2) is 13.9 Å². The monoisotopic (exact) mass is 633 g/mol. The van der Waals surface area contributed by atoms with Gasteiger partial charge in [0.2, 0.25) is 5.76 Å². The summed E-state index contributed by atoms with van der Waals surface area (Å²) in [6, 6.07) is 23.4. The fourth-order valence-corrected chi connectivity index (χ4v) is 6.25. The molecule has 2 heterocycles. The van der Waals surface area contributed by atoms with Gasteiger partial charge < -0.3 is 18.2 Å². The van der Waals surface area contributed by atoms with Crippen LogP contribution in [0.2, 0.25) is 0 Å². The van der Waals surface area contributed by atoms with Crippen LogP contribution in [0.3, 0.4) is 0 Å². The Bertz CT molecular complexity index is 1720. The van der Waals surface area contributed by atoms with E-state index in [1.807, 2.05) is 64.1 Å². The van der Waals surface area contributed by atoms with Crippen molar-refractivity contribution in [3.05, 3.63) is 101 Å². The lowest BCUT2D eigenvalue weighted by Crippen LogP contribution is -2.49. The Morgan fingerprint density at radius 2 is 1.58 bits per heavy atom. The molecule has 0 atom stereocenters. The molecule has 11 heteroatoms. The molecule has 5 rings (SSSR count). The number of ether oxygens (including phenoxy) is 1. The maximum Gasteiger partial charge on any atom is 0.412 e. The largest absolute Gasteiger partial charge is 0.449 e. The Morgan fingerprint density at radius 3 is 2.24 bits per heavy atom. The summed E-state index contributed by atoms with van der Waals surface area (Å²) in [5, 5.41) is 0.667. The lowest BCUT2D eigenvalue weighted by Gasteiger charge is -2.35. The van der Waals surface area contributed by atoms with Gasteiger partial charge in [-0.1, -0.05) is 54.6 Å². The van der Waals surface area contributed by atoms with Crippen LogP contribution in [0, 0.1) is 6.92 Å². The van der Waals surface area contributed by atoms with Gasteiger partial charge in [0, 0.05) is 44.7 Å². The smallest absolute Gasteiger partial charge is 0.412 e. The summed E-state index contributed by atoms with van der Waals surface area (Å²) in [4.78, 5) is 29.3. The zero-order chi connectivity index (χ0) is 32.2. The number of benzene rings is 3. The van der Waals surface area contributed by atoms with Gasteiger partial charge >= 0.3 is 22.4 Å². The molecule has 1 aliphatic heterocycles. The molecule has 0 bridgehead atoms. The maximum atomic E-state index is 13.6. The van der Waals surface area contributed by atoms with Crippen LogP contribution in [0.25, 0.3) is 11.0 Å². The zero-order valence-corrected chi connectivity index (χ0v) is 26.9. The third kappa shape index (κ3) is 8.23. The van der Waals surface area contributed by atoms with Crippen LogP contribution in [-0.2, 0) is 32.2 Å². The molecule has 0 radical (unpaired) electrons. The van der Waals surface area contributed by atoms with Gasteiger partial charge in [-0.15, -0.1) is 0 Å². The third-order valence-electron chi connectivity index (χ3n) is 7.58. The predicted octanol–water partition coefficient (Wildman–Crippen LogP) is 5.94. The molecular formula is C34H39N3O7S. The second-order valence-electron chi connectivity index (χ2n) is 12.1. The van der Waals surface area contributed by atoms with Gasteiger partial charge in [-0.05, 0) is 75.1 Å². The average Bonchev–Trinajstić information content (AvgIpc) is 3.43. The van der Waals surface area contributed by atoms with E-state index in [9.17, 15) is 18.0 Å². The van der Waals surface area contributed by atoms with E-state index in [0.717, 1.165) is 21.0 Å². The Balaban J connectivity index is 1.29. The second-order valence-corrected chi connectivity index (χ2v) is 13.6. The SMILES string of the molecule is Cc1ccccc1CCN(c1ccc(CN2CCN(C(=O)OC(C)(C)C)CC2)cc1)S(=O)(=O)OC(=O)c1cc2ccccc2o1. The number of fused-ring (bicyclic) bond motifs is 1. The number of piperazine rings is 1. The number of carbonyl (C=O) groups is 2. The lowest BCUT2D eigenvalue weighted by molar-refractivity contribution is 0.0139. The Morgan fingerprint density at radius 1 is 0.911 bits per heavy atom. The minimum atomic E-state index is -4.55. The first kappa shape index (κ1) is 32.1. The molecule has 45 heavy (non-hydrogen) atoms. The van der Waals surface area contributed by atoms with Gasteiger partial charge in [0.1, 0.15) is 11.2 Å². The van der Waals surface area contributed by atoms with E-state index in [1.54, 1.807) is 41.3 Å². The maximum absolute atomic E-state index is 13.6. The highest BCUT2D eigenvalue weighted by Crippen LogP contribution is 2.25. The number of furan rings is 1. The van der Waals surface area contributed by atoms with Crippen molar-refractivity contribution >= 4 is 39.0 Å². The number of nitrogens with zero attached hydrogens (tertiary/aromatic N) is 3. The molecule has 1 aromatic heterocycles. The van der Waals surface area contributed by atoms with E-state index in [2.05, 4.69) is 4.90 Å². The fourth-order valence-electron chi connectivity index (χ4n) is 5.19. The van der Waals surface area contributed by atoms with E-state index >= 15 is 0 Å². The molecular weight excluding hydrogens is 594 g/mol. The summed E-state index contributed by atoms with van der Waals surface area (Å²) >= 11 is 0. The van der Waals surface area contributed by atoms with Crippen LogP contribution < -0.4 is 4.31 Å². The fraction of sp³-hybridized carbons (Fsp3) is 0.353. The van der Waals surface area contributed by atoms with Crippen LogP contribution in [0.4, 0.5) is 10.5 Å². The molecule has 0 unspecified atom stereocenters. The van der Waals surface area contributed by atoms with E-state index < -0.39 is 21.9 Å². The quantitative estimate of drug-likeness (QED) is 0.223. The van der Waals surface area contributed by atoms with Crippen molar-refractivity contribution in [3.8, 4) is 0 Å². The van der Waals surface area contributed by atoms with Crippen molar-refractivity contribution in [2.24, 2.45) is 0 Å². The second kappa shape index (κ2) is 13.3. The number of aryl methyl sites for hydroxylation is 1. The minimum absolute atomic E-state index is 0.0621. The first-order valence-corrected chi connectivity index (χ1v) is 16.3. The van der Waals surface area contributed by atoms with E-state index in [0.29, 0.717) is 55.8 Å². The minimum Gasteiger partial charge on any atom is -0.449 e. The average molecular weight is 634 g/mol. The summed E-state index contributed by atoms with van der Waals surface area (Å²) in [7, 11) is -4.55.